The highest BCUT2D eigenvalue weighted by molar-refractivity contribution is 5.73. The van der Waals surface area contributed by atoms with E-state index < -0.39 is 6.09 Å². The Morgan fingerprint density at radius 1 is 1.29 bits per heavy atom. The summed E-state index contributed by atoms with van der Waals surface area (Å²) in [5.74, 6) is 0.599. The first-order valence-corrected chi connectivity index (χ1v) is 7.38. The van der Waals surface area contributed by atoms with Crippen molar-refractivity contribution >= 4 is 17.2 Å². The Morgan fingerprint density at radius 3 is 2.81 bits per heavy atom. The van der Waals surface area contributed by atoms with Gasteiger partial charge < -0.3 is 10.0 Å². The first-order chi connectivity index (χ1) is 10.2. The number of rotatable bonds is 2. The molecule has 5 nitrogen and oxygen atoms in total. The fourth-order valence-corrected chi connectivity index (χ4v) is 3.12. The van der Waals surface area contributed by atoms with Crippen LogP contribution in [-0.4, -0.2) is 38.8 Å². The first-order valence-electron chi connectivity index (χ1n) is 7.38. The van der Waals surface area contributed by atoms with Crippen molar-refractivity contribution in [1.82, 2.24) is 14.5 Å². The summed E-state index contributed by atoms with van der Waals surface area (Å²) in [6, 6.07) is 6.29. The molecule has 4 rings (SSSR count). The molecule has 5 heteroatoms. The van der Waals surface area contributed by atoms with Crippen LogP contribution >= 0.6 is 0 Å². The minimum absolute atomic E-state index is 0.478. The largest absolute Gasteiger partial charge is 0.465 e. The fourth-order valence-electron chi connectivity index (χ4n) is 3.12. The SMILES string of the molecule is O=C(O)N1CC=C(c2ccc3ccnn3c2C2CC2)CC1. The molecule has 2 aromatic rings. The molecule has 0 atom stereocenters. The van der Waals surface area contributed by atoms with Crippen molar-refractivity contribution in [3.8, 4) is 0 Å². The topological polar surface area (TPSA) is 57.8 Å². The lowest BCUT2D eigenvalue weighted by molar-refractivity contribution is 0.150. The molecule has 2 aromatic heterocycles. The number of nitrogens with zero attached hydrogens (tertiary/aromatic N) is 3. The summed E-state index contributed by atoms with van der Waals surface area (Å²) in [5, 5.41) is 13.5. The highest BCUT2D eigenvalue weighted by Gasteiger charge is 2.30. The fraction of sp³-hybridized carbons (Fsp3) is 0.375. The van der Waals surface area contributed by atoms with E-state index in [0.717, 1.165) is 11.9 Å². The minimum Gasteiger partial charge on any atom is -0.465 e. The van der Waals surface area contributed by atoms with Crippen molar-refractivity contribution in [3.05, 3.63) is 41.7 Å². The van der Waals surface area contributed by atoms with Gasteiger partial charge in [0.15, 0.2) is 0 Å². The molecule has 1 fully saturated rings. The smallest absolute Gasteiger partial charge is 0.407 e. The van der Waals surface area contributed by atoms with Gasteiger partial charge in [-0.1, -0.05) is 12.1 Å². The van der Waals surface area contributed by atoms with Crippen LogP contribution in [0.15, 0.2) is 30.5 Å². The third-order valence-corrected chi connectivity index (χ3v) is 4.39. The second-order valence-corrected chi connectivity index (χ2v) is 5.78. The average molecular weight is 283 g/mol. The van der Waals surface area contributed by atoms with E-state index in [9.17, 15) is 4.79 Å². The Labute approximate surface area is 122 Å². The highest BCUT2D eigenvalue weighted by Crippen LogP contribution is 2.44. The molecule has 1 aliphatic carbocycles. The molecular weight excluding hydrogens is 266 g/mol. The Balaban J connectivity index is 1.77. The van der Waals surface area contributed by atoms with Crippen molar-refractivity contribution in [2.45, 2.75) is 25.2 Å². The predicted octanol–water partition coefficient (Wildman–Crippen LogP) is 2.98. The van der Waals surface area contributed by atoms with Crippen molar-refractivity contribution in [2.24, 2.45) is 0 Å². The molecule has 1 saturated carbocycles. The number of amides is 1. The van der Waals surface area contributed by atoms with E-state index in [1.165, 1.54) is 34.6 Å². The quantitative estimate of drug-likeness (QED) is 0.921. The van der Waals surface area contributed by atoms with Crippen molar-refractivity contribution in [1.29, 1.82) is 0 Å². The molecule has 0 aromatic carbocycles. The van der Waals surface area contributed by atoms with E-state index in [0.29, 0.717) is 19.0 Å². The lowest BCUT2D eigenvalue weighted by atomic mass is 9.96. The van der Waals surface area contributed by atoms with Gasteiger partial charge in [0.1, 0.15) is 0 Å². The van der Waals surface area contributed by atoms with Crippen molar-refractivity contribution in [3.63, 3.8) is 0 Å². The van der Waals surface area contributed by atoms with Crippen LogP contribution in [0.25, 0.3) is 11.1 Å². The zero-order valence-corrected chi connectivity index (χ0v) is 11.7. The molecule has 0 unspecified atom stereocenters. The van der Waals surface area contributed by atoms with Crippen molar-refractivity contribution in [2.75, 3.05) is 13.1 Å². The maximum absolute atomic E-state index is 11.0. The van der Waals surface area contributed by atoms with Gasteiger partial charge in [0, 0.05) is 25.2 Å². The highest BCUT2D eigenvalue weighted by atomic mass is 16.4. The molecule has 108 valence electrons. The number of carboxylic acid groups (broad SMARTS) is 1. The Hall–Kier alpha value is -2.30. The molecule has 0 bridgehead atoms. The standard InChI is InChI=1S/C16H17N3O2/c20-16(21)18-9-6-11(7-10-18)14-4-3-13-5-8-17-19(13)15(14)12-1-2-12/h3-6,8,12H,1-2,7,9-10H2,(H,20,21). The molecule has 1 N–H and O–H groups in total. The Kier molecular flexibility index (Phi) is 2.74. The summed E-state index contributed by atoms with van der Waals surface area (Å²) in [7, 11) is 0. The first kappa shape index (κ1) is 12.4. The number of fused-ring (bicyclic) bond motifs is 1. The van der Waals surface area contributed by atoms with Gasteiger partial charge in [-0.3, -0.25) is 0 Å². The van der Waals surface area contributed by atoms with Crippen LogP contribution < -0.4 is 0 Å². The molecule has 3 heterocycles. The number of carbonyl (C=O) groups is 1. The van der Waals surface area contributed by atoms with Gasteiger partial charge in [-0.2, -0.15) is 5.10 Å². The summed E-state index contributed by atoms with van der Waals surface area (Å²) in [6.07, 6.45) is 6.27. The molecular formula is C16H17N3O2. The van der Waals surface area contributed by atoms with Crippen LogP contribution in [0.2, 0.25) is 0 Å². The van der Waals surface area contributed by atoms with Crippen molar-refractivity contribution < 1.29 is 9.90 Å². The molecule has 0 spiro atoms. The van der Waals surface area contributed by atoms with Gasteiger partial charge in [-0.05, 0) is 42.5 Å². The second-order valence-electron chi connectivity index (χ2n) is 5.78. The Morgan fingerprint density at radius 2 is 2.14 bits per heavy atom. The number of hydrogen-bond donors (Lipinski definition) is 1. The minimum atomic E-state index is -0.838. The van der Waals surface area contributed by atoms with Crippen LogP contribution in [0.5, 0.6) is 0 Å². The average Bonchev–Trinajstić information content (AvgIpc) is 3.22. The van der Waals surface area contributed by atoms with Crippen LogP contribution in [0.1, 0.15) is 36.4 Å². The monoisotopic (exact) mass is 283 g/mol. The third kappa shape index (κ3) is 2.09. The van der Waals surface area contributed by atoms with E-state index in [4.69, 9.17) is 5.11 Å². The van der Waals surface area contributed by atoms with Gasteiger partial charge >= 0.3 is 6.09 Å². The summed E-state index contributed by atoms with van der Waals surface area (Å²) in [6.45, 7) is 1.05. The molecule has 21 heavy (non-hydrogen) atoms. The van der Waals surface area contributed by atoms with Crippen LogP contribution in [0, 0.1) is 0 Å². The number of hydrogen-bond acceptors (Lipinski definition) is 2. The normalized spacial score (nSPS) is 18.9. The maximum Gasteiger partial charge on any atom is 0.407 e. The van der Waals surface area contributed by atoms with E-state index in [2.05, 4.69) is 21.7 Å². The number of aromatic nitrogens is 2. The van der Waals surface area contributed by atoms with E-state index in [-0.39, 0.29) is 0 Å². The molecule has 0 saturated heterocycles. The summed E-state index contributed by atoms with van der Waals surface area (Å²) >= 11 is 0. The predicted molar refractivity (Wildman–Crippen MR) is 79.4 cm³/mol. The zero-order valence-electron chi connectivity index (χ0n) is 11.7. The van der Waals surface area contributed by atoms with Gasteiger partial charge in [0.2, 0.25) is 0 Å². The van der Waals surface area contributed by atoms with Crippen LogP contribution in [0.3, 0.4) is 0 Å². The summed E-state index contributed by atoms with van der Waals surface area (Å²) < 4.78 is 2.05. The Bertz CT molecular complexity index is 743. The summed E-state index contributed by atoms with van der Waals surface area (Å²) in [4.78, 5) is 12.5. The third-order valence-electron chi connectivity index (χ3n) is 4.39. The summed E-state index contributed by atoms with van der Waals surface area (Å²) in [5.41, 5.74) is 4.93. The van der Waals surface area contributed by atoms with Gasteiger partial charge in [0.05, 0.1) is 11.2 Å². The lowest BCUT2D eigenvalue weighted by Gasteiger charge is -2.25. The molecule has 1 aliphatic heterocycles. The lowest BCUT2D eigenvalue weighted by Crippen LogP contribution is -2.33. The molecule has 0 radical (unpaired) electrons. The van der Waals surface area contributed by atoms with E-state index >= 15 is 0 Å². The second kappa shape index (κ2) is 4.62. The maximum atomic E-state index is 11.0. The number of pyridine rings is 1. The van der Waals surface area contributed by atoms with Gasteiger partial charge in [0.25, 0.3) is 0 Å². The molecule has 1 amide bonds. The van der Waals surface area contributed by atoms with E-state index in [1.807, 2.05) is 18.3 Å². The van der Waals surface area contributed by atoms with Crippen LogP contribution in [0.4, 0.5) is 4.79 Å². The molecule has 2 aliphatic rings. The van der Waals surface area contributed by atoms with Gasteiger partial charge in [-0.25, -0.2) is 9.31 Å². The van der Waals surface area contributed by atoms with Crippen LogP contribution in [-0.2, 0) is 0 Å². The zero-order chi connectivity index (χ0) is 14.4. The van der Waals surface area contributed by atoms with Gasteiger partial charge in [-0.15, -0.1) is 0 Å². The van der Waals surface area contributed by atoms with E-state index in [1.54, 1.807) is 0 Å².